The summed E-state index contributed by atoms with van der Waals surface area (Å²) in [6.45, 7) is 1.22. The Morgan fingerprint density at radius 1 is 1.21 bits per heavy atom. The number of nitrogens with one attached hydrogen (secondary N) is 3. The molecule has 1 aromatic carbocycles. The van der Waals surface area contributed by atoms with Crippen molar-refractivity contribution in [3.05, 3.63) is 34.9 Å². The van der Waals surface area contributed by atoms with Gasteiger partial charge in [-0.2, -0.15) is 0 Å². The molecule has 0 spiro atoms. The Kier molecular flexibility index (Phi) is 5.88. The highest BCUT2D eigenvalue weighted by atomic mass is 35.5. The Hall–Kier alpha value is -2.61. The summed E-state index contributed by atoms with van der Waals surface area (Å²) in [6, 6.07) is 5.49. The minimum atomic E-state index is -1.13. The maximum absolute atomic E-state index is 13.1. The minimum Gasteiger partial charge on any atom is -0.439 e. The van der Waals surface area contributed by atoms with Gasteiger partial charge in [-0.05, 0) is 31.0 Å². The summed E-state index contributed by atoms with van der Waals surface area (Å²) in [6.07, 6.45) is 2.51. The molecule has 3 rings (SSSR count). The van der Waals surface area contributed by atoms with Gasteiger partial charge in [-0.3, -0.25) is 19.2 Å². The van der Waals surface area contributed by atoms with Gasteiger partial charge in [0.1, 0.15) is 5.54 Å². The fourth-order valence-electron chi connectivity index (χ4n) is 3.53. The summed E-state index contributed by atoms with van der Waals surface area (Å²) in [4.78, 5) is 48.7. The number of benzene rings is 1. The van der Waals surface area contributed by atoms with Crippen molar-refractivity contribution >= 4 is 35.3 Å². The van der Waals surface area contributed by atoms with Crippen molar-refractivity contribution in [1.82, 2.24) is 16.0 Å². The van der Waals surface area contributed by atoms with Gasteiger partial charge in [-0.25, -0.2) is 0 Å². The lowest BCUT2D eigenvalue weighted by Gasteiger charge is -2.41. The van der Waals surface area contributed by atoms with E-state index in [4.69, 9.17) is 16.3 Å². The fourth-order valence-corrected chi connectivity index (χ4v) is 3.73. The van der Waals surface area contributed by atoms with E-state index < -0.39 is 41.5 Å². The largest absolute Gasteiger partial charge is 0.439 e. The molecule has 0 radical (unpaired) electrons. The van der Waals surface area contributed by atoms with Crippen LogP contribution in [0.2, 0.25) is 5.02 Å². The van der Waals surface area contributed by atoms with E-state index in [1.807, 2.05) is 0 Å². The monoisotopic (exact) mass is 407 g/mol. The zero-order valence-corrected chi connectivity index (χ0v) is 16.2. The van der Waals surface area contributed by atoms with E-state index in [9.17, 15) is 19.2 Å². The first-order chi connectivity index (χ1) is 13.3. The Balaban J connectivity index is 1.75. The molecule has 1 aliphatic heterocycles. The molecule has 1 saturated heterocycles. The summed E-state index contributed by atoms with van der Waals surface area (Å²) in [5.74, 6) is -1.87. The van der Waals surface area contributed by atoms with E-state index in [2.05, 4.69) is 16.0 Å². The lowest BCUT2D eigenvalue weighted by Crippen LogP contribution is -2.73. The number of hydrogen-bond acceptors (Lipinski definition) is 5. The molecule has 1 saturated carbocycles. The van der Waals surface area contributed by atoms with Gasteiger partial charge in [-0.1, -0.05) is 36.9 Å². The number of β-lactam (4-membered cyclic amide) rings is 1. The molecule has 9 heteroatoms. The van der Waals surface area contributed by atoms with Crippen molar-refractivity contribution in [3.8, 4) is 0 Å². The summed E-state index contributed by atoms with van der Waals surface area (Å²) >= 11 is 5.95. The molecule has 1 aromatic rings. The molecule has 0 bridgehead atoms. The lowest BCUT2D eigenvalue weighted by molar-refractivity contribution is -0.165. The molecule has 0 unspecified atom stereocenters. The Morgan fingerprint density at radius 3 is 2.54 bits per heavy atom. The van der Waals surface area contributed by atoms with Gasteiger partial charge in [0.2, 0.25) is 12.1 Å². The standard InChI is InChI=1S/C19H22ClN3O5/c1-11(24)28-17-14(16(26)22-17)21-18(27)19(8-3-2-4-9-19)23-15(25)12-6-5-7-13(20)10-12/h5-7,10,14,17H,2-4,8-9H2,1H3,(H,21,27)(H,22,26)(H,23,25)/t14-,17+/m1/s1. The fraction of sp³-hybridized carbons (Fsp3) is 0.474. The molecule has 2 fully saturated rings. The number of ether oxygens (including phenoxy) is 1. The van der Waals surface area contributed by atoms with Gasteiger partial charge in [0, 0.05) is 17.5 Å². The zero-order valence-electron chi connectivity index (χ0n) is 15.4. The van der Waals surface area contributed by atoms with Crippen molar-refractivity contribution in [2.75, 3.05) is 0 Å². The summed E-state index contributed by atoms with van der Waals surface area (Å²) in [5, 5.41) is 8.32. The van der Waals surface area contributed by atoms with Crippen LogP contribution in [0, 0.1) is 0 Å². The van der Waals surface area contributed by atoms with Gasteiger partial charge < -0.3 is 20.7 Å². The van der Waals surface area contributed by atoms with Crippen LogP contribution in [0.1, 0.15) is 49.4 Å². The first-order valence-electron chi connectivity index (χ1n) is 9.17. The van der Waals surface area contributed by atoms with Gasteiger partial charge in [0.25, 0.3) is 11.8 Å². The summed E-state index contributed by atoms with van der Waals surface area (Å²) in [7, 11) is 0. The second-order valence-corrected chi connectivity index (χ2v) is 7.53. The van der Waals surface area contributed by atoms with E-state index in [1.165, 1.54) is 13.0 Å². The van der Waals surface area contributed by atoms with Crippen LogP contribution in [-0.2, 0) is 19.1 Å². The zero-order chi connectivity index (χ0) is 20.3. The maximum atomic E-state index is 13.1. The van der Waals surface area contributed by atoms with E-state index in [1.54, 1.807) is 18.2 Å². The van der Waals surface area contributed by atoms with Gasteiger partial charge in [0.05, 0.1) is 0 Å². The molecule has 2 atom stereocenters. The molecule has 2 aliphatic rings. The average molecular weight is 408 g/mol. The summed E-state index contributed by atoms with van der Waals surface area (Å²) in [5.41, 5.74) is -0.779. The van der Waals surface area contributed by atoms with Gasteiger partial charge in [0.15, 0.2) is 6.04 Å². The average Bonchev–Trinajstić information content (AvgIpc) is 2.66. The lowest BCUT2D eigenvalue weighted by atomic mass is 9.80. The smallest absolute Gasteiger partial charge is 0.304 e. The highest BCUT2D eigenvalue weighted by molar-refractivity contribution is 6.31. The van der Waals surface area contributed by atoms with Crippen molar-refractivity contribution in [1.29, 1.82) is 0 Å². The van der Waals surface area contributed by atoms with E-state index in [-0.39, 0.29) is 0 Å². The van der Waals surface area contributed by atoms with Crippen LogP contribution in [0.4, 0.5) is 0 Å². The molecule has 1 heterocycles. The van der Waals surface area contributed by atoms with Crippen LogP contribution in [0.15, 0.2) is 24.3 Å². The second kappa shape index (κ2) is 8.18. The maximum Gasteiger partial charge on any atom is 0.304 e. The Morgan fingerprint density at radius 2 is 1.93 bits per heavy atom. The van der Waals surface area contributed by atoms with Gasteiger partial charge in [-0.15, -0.1) is 0 Å². The predicted molar refractivity (Wildman–Crippen MR) is 100 cm³/mol. The number of esters is 1. The topological polar surface area (TPSA) is 114 Å². The molecule has 28 heavy (non-hydrogen) atoms. The normalized spacial score (nSPS) is 23.0. The molecular weight excluding hydrogens is 386 g/mol. The van der Waals surface area contributed by atoms with Crippen LogP contribution in [0.25, 0.3) is 0 Å². The number of rotatable bonds is 5. The molecule has 1 aliphatic carbocycles. The van der Waals surface area contributed by atoms with Crippen molar-refractivity contribution in [2.45, 2.75) is 56.8 Å². The van der Waals surface area contributed by atoms with Crippen molar-refractivity contribution in [2.24, 2.45) is 0 Å². The molecular formula is C19H22ClN3O5. The van der Waals surface area contributed by atoms with Gasteiger partial charge >= 0.3 is 5.97 Å². The molecule has 8 nitrogen and oxygen atoms in total. The minimum absolute atomic E-state index is 0.351. The van der Waals surface area contributed by atoms with E-state index in [0.717, 1.165) is 19.3 Å². The molecule has 3 N–H and O–H groups in total. The second-order valence-electron chi connectivity index (χ2n) is 7.10. The number of carbonyl (C=O) groups is 4. The predicted octanol–water partition coefficient (Wildman–Crippen LogP) is 1.28. The Labute approximate surface area is 167 Å². The third-order valence-electron chi connectivity index (χ3n) is 5.03. The Bertz CT molecular complexity index is 807. The van der Waals surface area contributed by atoms with E-state index in [0.29, 0.717) is 23.4 Å². The number of carbonyl (C=O) groups excluding carboxylic acids is 4. The quantitative estimate of drug-likeness (QED) is 0.502. The van der Waals surface area contributed by atoms with Crippen molar-refractivity contribution < 1.29 is 23.9 Å². The number of amides is 3. The highest BCUT2D eigenvalue weighted by Crippen LogP contribution is 2.29. The first kappa shape index (κ1) is 20.1. The third kappa shape index (κ3) is 4.27. The van der Waals surface area contributed by atoms with Crippen LogP contribution in [0.3, 0.4) is 0 Å². The van der Waals surface area contributed by atoms with Crippen molar-refractivity contribution in [3.63, 3.8) is 0 Å². The molecule has 0 aromatic heterocycles. The number of hydrogen-bond donors (Lipinski definition) is 3. The highest BCUT2D eigenvalue weighted by Gasteiger charge is 2.48. The van der Waals surface area contributed by atoms with Crippen LogP contribution in [0.5, 0.6) is 0 Å². The third-order valence-corrected chi connectivity index (χ3v) is 5.27. The summed E-state index contributed by atoms with van der Waals surface area (Å²) < 4.78 is 4.97. The van der Waals surface area contributed by atoms with Crippen LogP contribution < -0.4 is 16.0 Å². The SMILES string of the molecule is CC(=O)O[C@@H]1NC(=O)[C@H]1NC(=O)C1(NC(=O)c2cccc(Cl)c2)CCCCC1. The van der Waals surface area contributed by atoms with Crippen LogP contribution >= 0.6 is 11.6 Å². The number of halogens is 1. The molecule has 3 amide bonds. The first-order valence-corrected chi connectivity index (χ1v) is 9.55. The molecule has 150 valence electrons. The van der Waals surface area contributed by atoms with E-state index >= 15 is 0 Å². The van der Waals surface area contributed by atoms with Crippen LogP contribution in [-0.4, -0.2) is 41.5 Å².